The molecule has 0 aliphatic carbocycles. The van der Waals surface area contributed by atoms with Gasteiger partial charge in [-0.3, -0.25) is 9.67 Å². The predicted octanol–water partition coefficient (Wildman–Crippen LogP) is 0.928. The molecule has 0 saturated heterocycles. The van der Waals surface area contributed by atoms with Crippen LogP contribution in [0.5, 0.6) is 0 Å². The lowest BCUT2D eigenvalue weighted by Crippen LogP contribution is -2.25. The van der Waals surface area contributed by atoms with E-state index in [9.17, 15) is 0 Å². The van der Waals surface area contributed by atoms with Gasteiger partial charge in [0.2, 0.25) is 0 Å². The molecule has 0 bridgehead atoms. The molecule has 1 atom stereocenters. The van der Waals surface area contributed by atoms with E-state index in [0.29, 0.717) is 0 Å². The number of aryl methyl sites for hydroxylation is 1. The van der Waals surface area contributed by atoms with Crippen molar-refractivity contribution >= 4 is 0 Å². The van der Waals surface area contributed by atoms with Crippen molar-refractivity contribution in [1.82, 2.24) is 14.8 Å². The standard InChI is InChI=1S/C12H16N4/c1-16-9-10(8-15-16)6-11(13)7-12-4-2-3-5-14-12/h2-5,8-9,11H,6-7,13H2,1H3. The molecule has 0 saturated carbocycles. The van der Waals surface area contributed by atoms with Crippen molar-refractivity contribution in [3.05, 3.63) is 48.0 Å². The molecule has 0 aliphatic heterocycles. The highest BCUT2D eigenvalue weighted by molar-refractivity contribution is 5.09. The normalized spacial score (nSPS) is 12.6. The van der Waals surface area contributed by atoms with Crippen molar-refractivity contribution in [3.8, 4) is 0 Å². The predicted molar refractivity (Wildman–Crippen MR) is 62.8 cm³/mol. The third-order valence-electron chi connectivity index (χ3n) is 2.45. The van der Waals surface area contributed by atoms with Crippen LogP contribution in [-0.2, 0) is 19.9 Å². The van der Waals surface area contributed by atoms with Crippen LogP contribution in [0, 0.1) is 0 Å². The summed E-state index contributed by atoms with van der Waals surface area (Å²) in [6.45, 7) is 0. The van der Waals surface area contributed by atoms with Gasteiger partial charge >= 0.3 is 0 Å². The number of aromatic nitrogens is 3. The van der Waals surface area contributed by atoms with Crippen molar-refractivity contribution in [2.24, 2.45) is 12.8 Å². The van der Waals surface area contributed by atoms with Crippen LogP contribution in [0.2, 0.25) is 0 Å². The third-order valence-corrected chi connectivity index (χ3v) is 2.45. The summed E-state index contributed by atoms with van der Waals surface area (Å²) in [6.07, 6.45) is 7.29. The number of hydrogen-bond donors (Lipinski definition) is 1. The first-order chi connectivity index (χ1) is 7.74. The minimum Gasteiger partial charge on any atom is -0.327 e. The summed E-state index contributed by atoms with van der Waals surface area (Å²) in [5, 5.41) is 4.12. The minimum absolute atomic E-state index is 0.0964. The van der Waals surface area contributed by atoms with E-state index in [1.807, 2.05) is 37.6 Å². The molecule has 4 heteroatoms. The quantitative estimate of drug-likeness (QED) is 0.827. The van der Waals surface area contributed by atoms with Crippen molar-refractivity contribution in [2.75, 3.05) is 0 Å². The number of pyridine rings is 1. The lowest BCUT2D eigenvalue weighted by molar-refractivity contribution is 0.653. The number of nitrogens with zero attached hydrogens (tertiary/aromatic N) is 3. The molecule has 84 valence electrons. The number of hydrogen-bond acceptors (Lipinski definition) is 3. The van der Waals surface area contributed by atoms with Gasteiger partial charge in [-0.1, -0.05) is 6.07 Å². The summed E-state index contributed by atoms with van der Waals surface area (Å²) in [4.78, 5) is 4.26. The van der Waals surface area contributed by atoms with Gasteiger partial charge in [0.15, 0.2) is 0 Å². The van der Waals surface area contributed by atoms with Gasteiger partial charge in [-0.05, 0) is 24.1 Å². The first-order valence-corrected chi connectivity index (χ1v) is 5.37. The van der Waals surface area contributed by atoms with Gasteiger partial charge in [0.25, 0.3) is 0 Å². The van der Waals surface area contributed by atoms with Crippen LogP contribution in [0.25, 0.3) is 0 Å². The number of rotatable bonds is 4. The van der Waals surface area contributed by atoms with Gasteiger partial charge in [-0.2, -0.15) is 5.10 Å². The summed E-state index contributed by atoms with van der Waals surface area (Å²) >= 11 is 0. The summed E-state index contributed by atoms with van der Waals surface area (Å²) in [5.41, 5.74) is 8.28. The highest BCUT2D eigenvalue weighted by atomic mass is 15.2. The molecule has 2 aromatic heterocycles. The summed E-state index contributed by atoms with van der Waals surface area (Å²) in [6, 6.07) is 6.00. The third kappa shape index (κ3) is 2.90. The summed E-state index contributed by atoms with van der Waals surface area (Å²) in [5.74, 6) is 0. The Balaban J connectivity index is 1.92. The van der Waals surface area contributed by atoms with Crippen molar-refractivity contribution in [2.45, 2.75) is 18.9 Å². The van der Waals surface area contributed by atoms with E-state index in [1.165, 1.54) is 5.56 Å². The van der Waals surface area contributed by atoms with Gasteiger partial charge in [0, 0.05) is 37.6 Å². The van der Waals surface area contributed by atoms with Gasteiger partial charge in [-0.15, -0.1) is 0 Å². The molecule has 0 aliphatic rings. The summed E-state index contributed by atoms with van der Waals surface area (Å²) < 4.78 is 1.79. The average Bonchev–Trinajstić information content (AvgIpc) is 2.65. The maximum Gasteiger partial charge on any atom is 0.0522 e. The van der Waals surface area contributed by atoms with Crippen LogP contribution in [0.1, 0.15) is 11.3 Å². The van der Waals surface area contributed by atoms with Crippen LogP contribution in [0.4, 0.5) is 0 Å². The Morgan fingerprint density at radius 3 is 2.88 bits per heavy atom. The second-order valence-electron chi connectivity index (χ2n) is 4.01. The van der Waals surface area contributed by atoms with Gasteiger partial charge in [0.05, 0.1) is 6.20 Å². The minimum atomic E-state index is 0.0964. The molecule has 0 spiro atoms. The Hall–Kier alpha value is -1.68. The topological polar surface area (TPSA) is 56.7 Å². The molecule has 0 fully saturated rings. The van der Waals surface area contributed by atoms with E-state index in [-0.39, 0.29) is 6.04 Å². The van der Waals surface area contributed by atoms with Crippen molar-refractivity contribution in [3.63, 3.8) is 0 Å². The van der Waals surface area contributed by atoms with E-state index in [1.54, 1.807) is 10.9 Å². The lowest BCUT2D eigenvalue weighted by Gasteiger charge is -2.09. The second kappa shape index (κ2) is 4.90. The maximum atomic E-state index is 6.07. The number of nitrogens with two attached hydrogens (primary N) is 1. The molecule has 0 radical (unpaired) electrons. The van der Waals surface area contributed by atoms with E-state index >= 15 is 0 Å². The molecule has 0 amide bonds. The van der Waals surface area contributed by atoms with Crippen LogP contribution in [0.15, 0.2) is 36.8 Å². The van der Waals surface area contributed by atoms with Crippen LogP contribution in [0.3, 0.4) is 0 Å². The van der Waals surface area contributed by atoms with Gasteiger partial charge in [-0.25, -0.2) is 0 Å². The highest BCUT2D eigenvalue weighted by Gasteiger charge is 2.07. The fourth-order valence-electron chi connectivity index (χ4n) is 1.74. The Bertz CT molecular complexity index is 435. The van der Waals surface area contributed by atoms with Crippen molar-refractivity contribution in [1.29, 1.82) is 0 Å². The van der Waals surface area contributed by atoms with Crippen LogP contribution in [-0.4, -0.2) is 20.8 Å². The second-order valence-corrected chi connectivity index (χ2v) is 4.01. The fourth-order valence-corrected chi connectivity index (χ4v) is 1.74. The van der Waals surface area contributed by atoms with Crippen LogP contribution < -0.4 is 5.73 Å². The molecule has 0 aromatic carbocycles. The first-order valence-electron chi connectivity index (χ1n) is 5.37. The zero-order valence-electron chi connectivity index (χ0n) is 9.37. The Labute approximate surface area is 95.1 Å². The monoisotopic (exact) mass is 216 g/mol. The smallest absolute Gasteiger partial charge is 0.0522 e. The van der Waals surface area contributed by atoms with Gasteiger partial charge in [0.1, 0.15) is 0 Å². The maximum absolute atomic E-state index is 6.07. The van der Waals surface area contributed by atoms with E-state index in [0.717, 1.165) is 18.5 Å². The molecule has 4 nitrogen and oxygen atoms in total. The van der Waals surface area contributed by atoms with Gasteiger partial charge < -0.3 is 5.73 Å². The Morgan fingerprint density at radius 1 is 1.38 bits per heavy atom. The van der Waals surface area contributed by atoms with E-state index in [4.69, 9.17) is 5.73 Å². The zero-order chi connectivity index (χ0) is 11.4. The van der Waals surface area contributed by atoms with E-state index < -0.39 is 0 Å². The molecule has 2 heterocycles. The fraction of sp³-hybridized carbons (Fsp3) is 0.333. The molecular formula is C12H16N4. The first kappa shape index (κ1) is 10.8. The van der Waals surface area contributed by atoms with Crippen molar-refractivity contribution < 1.29 is 0 Å². The Kier molecular flexibility index (Phi) is 3.31. The molecule has 1 unspecified atom stereocenters. The summed E-state index contributed by atoms with van der Waals surface area (Å²) in [7, 11) is 1.91. The molecule has 2 aromatic rings. The van der Waals surface area contributed by atoms with Crippen LogP contribution >= 0.6 is 0 Å². The molecule has 16 heavy (non-hydrogen) atoms. The molecule has 2 N–H and O–H groups in total. The highest BCUT2D eigenvalue weighted by Crippen LogP contribution is 2.04. The average molecular weight is 216 g/mol. The van der Waals surface area contributed by atoms with E-state index in [2.05, 4.69) is 10.1 Å². The largest absolute Gasteiger partial charge is 0.327 e. The molecular weight excluding hydrogens is 200 g/mol. The lowest BCUT2D eigenvalue weighted by atomic mass is 10.1. The SMILES string of the molecule is Cn1cc(CC(N)Cc2ccccn2)cn1. The zero-order valence-corrected chi connectivity index (χ0v) is 9.37. The molecule has 2 rings (SSSR count). The Morgan fingerprint density at radius 2 is 2.25 bits per heavy atom.